The summed E-state index contributed by atoms with van der Waals surface area (Å²) in [6.45, 7) is 9.17. The summed E-state index contributed by atoms with van der Waals surface area (Å²) in [5, 5.41) is 6.30. The smallest absolute Gasteiger partial charge is 0.246 e. The molecule has 0 aliphatic carbocycles. The average Bonchev–Trinajstić information content (AvgIpc) is 2.85. The fraction of sp³-hybridized carbons (Fsp3) is 0.500. The summed E-state index contributed by atoms with van der Waals surface area (Å²) in [5.74, 6) is 2.42. The minimum absolute atomic E-state index is 0.0192. The minimum atomic E-state index is -0.339. The molecule has 174 valence electrons. The lowest BCUT2D eigenvalue weighted by molar-refractivity contribution is -0.122. The largest absolute Gasteiger partial charge is 0.368 e. The van der Waals surface area contributed by atoms with E-state index in [0.29, 0.717) is 24.2 Å². The zero-order chi connectivity index (χ0) is 22.9. The summed E-state index contributed by atoms with van der Waals surface area (Å²) >= 11 is 0. The van der Waals surface area contributed by atoms with E-state index in [-0.39, 0.29) is 18.0 Å². The highest BCUT2D eigenvalue weighted by molar-refractivity contribution is 5.92. The number of nitrogens with zero attached hydrogens (tertiary/aromatic N) is 6. The van der Waals surface area contributed by atoms with Crippen molar-refractivity contribution >= 4 is 35.3 Å². The predicted molar refractivity (Wildman–Crippen MR) is 131 cm³/mol. The van der Waals surface area contributed by atoms with Gasteiger partial charge < -0.3 is 25.3 Å². The third-order valence-corrected chi connectivity index (χ3v) is 7.07. The number of pyridine rings is 1. The van der Waals surface area contributed by atoms with Crippen molar-refractivity contribution < 1.29 is 4.79 Å². The quantitative estimate of drug-likeness (QED) is 0.719. The van der Waals surface area contributed by atoms with Crippen LogP contribution in [0.5, 0.6) is 0 Å². The van der Waals surface area contributed by atoms with Gasteiger partial charge in [-0.2, -0.15) is 4.98 Å². The zero-order valence-corrected chi connectivity index (χ0v) is 19.5. The van der Waals surface area contributed by atoms with Gasteiger partial charge in [0.15, 0.2) is 0 Å². The Kier molecular flexibility index (Phi) is 5.88. The molecule has 1 amide bonds. The third-order valence-electron chi connectivity index (χ3n) is 7.07. The van der Waals surface area contributed by atoms with Crippen LogP contribution in [0.3, 0.4) is 0 Å². The van der Waals surface area contributed by atoms with Gasteiger partial charge in [0.25, 0.3) is 0 Å². The van der Waals surface area contributed by atoms with Gasteiger partial charge in [0.2, 0.25) is 11.9 Å². The molecule has 2 unspecified atom stereocenters. The number of carbonyl (C=O) groups is 1. The van der Waals surface area contributed by atoms with Crippen molar-refractivity contribution in [2.75, 3.05) is 54.9 Å². The number of hydrogen-bond acceptors (Lipinski definition) is 8. The molecular weight excluding hydrogens is 416 g/mol. The summed E-state index contributed by atoms with van der Waals surface area (Å²) in [4.78, 5) is 33.4. The second kappa shape index (κ2) is 8.97. The van der Waals surface area contributed by atoms with Gasteiger partial charge in [-0.15, -0.1) is 0 Å². The summed E-state index contributed by atoms with van der Waals surface area (Å²) in [5.41, 5.74) is 2.06. The number of nitrogens with one attached hydrogen (secondary N) is 2. The van der Waals surface area contributed by atoms with E-state index in [1.165, 1.54) is 0 Å². The van der Waals surface area contributed by atoms with Gasteiger partial charge in [0, 0.05) is 44.5 Å². The first-order valence-corrected chi connectivity index (χ1v) is 11.8. The lowest BCUT2D eigenvalue weighted by atomic mass is 9.91. The maximum atomic E-state index is 12.6. The van der Waals surface area contributed by atoms with Crippen molar-refractivity contribution in [3.8, 4) is 0 Å². The molecule has 0 bridgehead atoms. The number of rotatable bonds is 5. The van der Waals surface area contributed by atoms with E-state index in [2.05, 4.69) is 62.3 Å². The molecule has 0 aromatic carbocycles. The number of likely N-dealkylation sites (N-methyl/N-ethyl adjacent to an activating group) is 1. The Morgan fingerprint density at radius 1 is 1.18 bits per heavy atom. The van der Waals surface area contributed by atoms with Crippen LogP contribution in [-0.2, 0) is 4.79 Å². The average molecular weight is 449 g/mol. The van der Waals surface area contributed by atoms with Crippen LogP contribution in [0.15, 0.2) is 30.6 Å². The highest BCUT2D eigenvalue weighted by atomic mass is 16.2. The molecule has 3 atom stereocenters. The van der Waals surface area contributed by atoms with Crippen LogP contribution in [-0.4, -0.2) is 77.6 Å². The van der Waals surface area contributed by atoms with Crippen LogP contribution in [0.25, 0.3) is 6.08 Å². The van der Waals surface area contributed by atoms with Gasteiger partial charge in [0.05, 0.1) is 17.9 Å². The van der Waals surface area contributed by atoms with E-state index in [9.17, 15) is 4.79 Å². The Hall–Kier alpha value is -3.20. The summed E-state index contributed by atoms with van der Waals surface area (Å²) in [6, 6.07) is 3.90. The van der Waals surface area contributed by atoms with Crippen molar-refractivity contribution in [2.45, 2.75) is 32.4 Å². The number of amides is 1. The van der Waals surface area contributed by atoms with E-state index in [0.717, 1.165) is 49.7 Å². The Balaban J connectivity index is 1.37. The van der Waals surface area contributed by atoms with Gasteiger partial charge in [0.1, 0.15) is 17.7 Å². The van der Waals surface area contributed by atoms with E-state index in [1.807, 2.05) is 30.6 Å². The molecule has 5 heterocycles. The van der Waals surface area contributed by atoms with Gasteiger partial charge in [-0.05, 0) is 25.1 Å². The molecule has 5 rings (SSSR count). The van der Waals surface area contributed by atoms with Crippen LogP contribution < -0.4 is 20.4 Å². The number of hydrogen-bond donors (Lipinski definition) is 2. The standard InChI is InChI=1S/C24H32N8O/c1-4-16(2)20-15-26-23(33)19-7-5-17-13-27-24(29-22(17)32(19)20)28-21-8-6-18(14-25-21)31-11-9-30(3)10-12-31/h5-8,13-14,16,19-20H,4,9-12,15H2,1-3H3,(H,26,33)(H,25,27,28,29)/t16?,19?,20-/m0/s1. The molecule has 2 N–H and O–H groups in total. The van der Waals surface area contributed by atoms with Gasteiger partial charge in [-0.25, -0.2) is 9.97 Å². The second-order valence-electron chi connectivity index (χ2n) is 9.20. The van der Waals surface area contributed by atoms with Crippen molar-refractivity contribution in [2.24, 2.45) is 5.92 Å². The maximum Gasteiger partial charge on any atom is 0.246 e. The highest BCUT2D eigenvalue weighted by Crippen LogP contribution is 2.34. The molecule has 0 radical (unpaired) electrons. The molecule has 2 saturated heterocycles. The minimum Gasteiger partial charge on any atom is -0.368 e. The number of aromatic nitrogens is 3. The molecule has 3 aliphatic rings. The van der Waals surface area contributed by atoms with Gasteiger partial charge in [-0.1, -0.05) is 32.4 Å². The van der Waals surface area contributed by atoms with Crippen LogP contribution in [0.1, 0.15) is 25.8 Å². The van der Waals surface area contributed by atoms with E-state index in [1.54, 1.807) is 0 Å². The topological polar surface area (TPSA) is 89.5 Å². The summed E-state index contributed by atoms with van der Waals surface area (Å²) in [6.07, 6.45) is 8.64. The molecule has 2 fully saturated rings. The molecule has 9 nitrogen and oxygen atoms in total. The molecular formula is C24H32N8O. The highest BCUT2D eigenvalue weighted by Gasteiger charge is 2.40. The molecule has 9 heteroatoms. The van der Waals surface area contributed by atoms with E-state index < -0.39 is 0 Å². The first-order chi connectivity index (χ1) is 16.0. The van der Waals surface area contributed by atoms with Gasteiger partial charge >= 0.3 is 0 Å². The monoisotopic (exact) mass is 448 g/mol. The summed E-state index contributed by atoms with van der Waals surface area (Å²) < 4.78 is 0. The predicted octanol–water partition coefficient (Wildman–Crippen LogP) is 2.11. The van der Waals surface area contributed by atoms with E-state index in [4.69, 9.17) is 4.98 Å². The summed E-state index contributed by atoms with van der Waals surface area (Å²) in [7, 11) is 2.15. The molecule has 33 heavy (non-hydrogen) atoms. The Morgan fingerprint density at radius 3 is 2.73 bits per heavy atom. The zero-order valence-electron chi connectivity index (χ0n) is 19.5. The van der Waals surface area contributed by atoms with Crippen molar-refractivity contribution in [3.63, 3.8) is 0 Å². The van der Waals surface area contributed by atoms with Crippen molar-refractivity contribution in [1.82, 2.24) is 25.2 Å². The first kappa shape index (κ1) is 21.6. The SMILES string of the molecule is CCC(C)[C@@H]1CNC(=O)C2C=Cc3cnc(Nc4ccc(N5CCN(C)CC5)cn4)nc3N21. The van der Waals surface area contributed by atoms with Crippen LogP contribution in [0, 0.1) is 5.92 Å². The second-order valence-corrected chi connectivity index (χ2v) is 9.20. The third kappa shape index (κ3) is 4.25. The molecule has 0 spiro atoms. The molecule has 2 aromatic rings. The lowest BCUT2D eigenvalue weighted by Crippen LogP contribution is -2.63. The lowest BCUT2D eigenvalue weighted by Gasteiger charge is -2.45. The number of anilines is 4. The number of carbonyl (C=O) groups excluding carboxylic acids is 1. The van der Waals surface area contributed by atoms with Crippen molar-refractivity contribution in [3.05, 3.63) is 36.2 Å². The van der Waals surface area contributed by atoms with Crippen LogP contribution in [0.2, 0.25) is 0 Å². The first-order valence-electron chi connectivity index (χ1n) is 11.8. The maximum absolute atomic E-state index is 12.6. The Morgan fingerprint density at radius 2 is 2.00 bits per heavy atom. The number of fused-ring (bicyclic) bond motifs is 3. The van der Waals surface area contributed by atoms with Gasteiger partial charge in [-0.3, -0.25) is 4.79 Å². The normalized spacial score (nSPS) is 23.5. The molecule has 2 aromatic heterocycles. The number of piperazine rings is 2. The van der Waals surface area contributed by atoms with Crippen LogP contribution in [0.4, 0.5) is 23.3 Å². The Bertz CT molecular complexity index is 1030. The fourth-order valence-electron chi connectivity index (χ4n) is 4.74. The molecule has 3 aliphatic heterocycles. The fourth-order valence-corrected chi connectivity index (χ4v) is 4.74. The molecule has 0 saturated carbocycles. The van der Waals surface area contributed by atoms with E-state index >= 15 is 0 Å². The van der Waals surface area contributed by atoms with Crippen molar-refractivity contribution in [1.29, 1.82) is 0 Å². The Labute approximate surface area is 194 Å². The van der Waals surface area contributed by atoms with Crippen LogP contribution >= 0.6 is 0 Å².